The van der Waals surface area contributed by atoms with Crippen LogP contribution in [0.25, 0.3) is 0 Å². The van der Waals surface area contributed by atoms with E-state index in [1.54, 1.807) is 4.68 Å². The van der Waals surface area contributed by atoms with Crippen LogP contribution in [0.5, 0.6) is 0 Å². The van der Waals surface area contributed by atoms with Gasteiger partial charge in [0.15, 0.2) is 0 Å². The number of nitrogens with zero attached hydrogens (tertiary/aromatic N) is 2. The summed E-state index contributed by atoms with van der Waals surface area (Å²) in [5.74, 6) is 0.355. The molecule has 1 heterocycles. The number of rotatable bonds is 4. The van der Waals surface area contributed by atoms with E-state index in [9.17, 15) is 4.79 Å². The third-order valence-corrected chi connectivity index (χ3v) is 2.02. The first-order valence-electron chi connectivity index (χ1n) is 4.18. The molecule has 1 rings (SSSR count). The number of hydrogen-bond acceptors (Lipinski definition) is 3. The van der Waals surface area contributed by atoms with Gasteiger partial charge in [-0.1, -0.05) is 13.3 Å². The third-order valence-electron chi connectivity index (χ3n) is 1.82. The number of carbonyl (C=O) groups is 1. The number of carbonyl (C=O) groups excluding carboxylic acids is 1. The van der Waals surface area contributed by atoms with E-state index < -0.39 is 5.24 Å². The Hall–Kier alpha value is -1.03. The van der Waals surface area contributed by atoms with Crippen LogP contribution >= 0.6 is 11.6 Å². The zero-order chi connectivity index (χ0) is 9.84. The van der Waals surface area contributed by atoms with E-state index in [1.165, 1.54) is 6.20 Å². The second-order valence-corrected chi connectivity index (χ2v) is 3.14. The van der Waals surface area contributed by atoms with E-state index in [2.05, 4.69) is 12.0 Å². The van der Waals surface area contributed by atoms with Gasteiger partial charge in [-0.15, -0.1) is 0 Å². The fourth-order valence-electron chi connectivity index (χ4n) is 1.03. The van der Waals surface area contributed by atoms with Gasteiger partial charge in [-0.2, -0.15) is 5.10 Å². The number of nitrogens with two attached hydrogens (primary N) is 1. The van der Waals surface area contributed by atoms with Crippen LogP contribution in [-0.2, 0) is 6.54 Å². The van der Waals surface area contributed by atoms with Gasteiger partial charge < -0.3 is 5.73 Å². The topological polar surface area (TPSA) is 60.9 Å². The molecule has 5 heteroatoms. The second kappa shape index (κ2) is 4.28. The van der Waals surface area contributed by atoms with Crippen LogP contribution in [0.2, 0.25) is 0 Å². The molecule has 0 aliphatic heterocycles. The third kappa shape index (κ3) is 2.21. The first-order chi connectivity index (χ1) is 6.16. The lowest BCUT2D eigenvalue weighted by molar-refractivity contribution is 0.108. The van der Waals surface area contributed by atoms with Crippen LogP contribution in [0.4, 0.5) is 5.82 Å². The molecule has 0 saturated carbocycles. The highest BCUT2D eigenvalue weighted by Crippen LogP contribution is 2.13. The van der Waals surface area contributed by atoms with Gasteiger partial charge in [0.25, 0.3) is 5.24 Å². The van der Waals surface area contributed by atoms with Gasteiger partial charge >= 0.3 is 0 Å². The molecule has 72 valence electrons. The largest absolute Gasteiger partial charge is 0.383 e. The molecule has 0 radical (unpaired) electrons. The van der Waals surface area contributed by atoms with Crippen LogP contribution in [0, 0.1) is 0 Å². The first-order valence-corrected chi connectivity index (χ1v) is 4.55. The summed E-state index contributed by atoms with van der Waals surface area (Å²) in [6.45, 7) is 2.81. The number of halogens is 1. The van der Waals surface area contributed by atoms with Crippen molar-refractivity contribution in [2.45, 2.75) is 26.3 Å². The van der Waals surface area contributed by atoms with E-state index in [0.717, 1.165) is 19.4 Å². The molecule has 1 aromatic rings. The molecule has 0 atom stereocenters. The average Bonchev–Trinajstić information content (AvgIpc) is 2.43. The Morgan fingerprint density at radius 1 is 1.77 bits per heavy atom. The number of hydrogen-bond donors (Lipinski definition) is 1. The Balaban J connectivity index is 2.80. The summed E-state index contributed by atoms with van der Waals surface area (Å²) in [5, 5.41) is 3.41. The molecule has 0 aromatic carbocycles. The van der Waals surface area contributed by atoms with Crippen molar-refractivity contribution < 1.29 is 4.79 Å². The standard InChI is InChI=1S/C8H12ClN3O/c1-2-3-4-12-8(10)6(5-11-12)7(9)13/h5H,2-4,10H2,1H3. The Kier molecular flexibility index (Phi) is 3.31. The summed E-state index contributed by atoms with van der Waals surface area (Å²) in [6, 6.07) is 0. The van der Waals surface area contributed by atoms with Crippen LogP contribution in [0.15, 0.2) is 6.20 Å². The molecule has 4 nitrogen and oxygen atoms in total. The molecule has 13 heavy (non-hydrogen) atoms. The maximum atomic E-state index is 10.8. The van der Waals surface area contributed by atoms with E-state index in [-0.39, 0.29) is 5.56 Å². The van der Waals surface area contributed by atoms with E-state index >= 15 is 0 Å². The van der Waals surface area contributed by atoms with E-state index in [1.807, 2.05) is 0 Å². The molecule has 2 N–H and O–H groups in total. The average molecular weight is 202 g/mol. The number of anilines is 1. The minimum atomic E-state index is -0.555. The van der Waals surface area contributed by atoms with Crippen molar-refractivity contribution >= 4 is 22.7 Å². The molecule has 0 aliphatic rings. The van der Waals surface area contributed by atoms with E-state index in [0.29, 0.717) is 5.82 Å². The molecule has 0 saturated heterocycles. The molecule has 0 unspecified atom stereocenters. The molecule has 0 fully saturated rings. The summed E-state index contributed by atoms with van der Waals surface area (Å²) < 4.78 is 1.60. The van der Waals surface area contributed by atoms with Crippen molar-refractivity contribution in [3.8, 4) is 0 Å². The fourth-order valence-corrected chi connectivity index (χ4v) is 1.18. The summed E-state index contributed by atoms with van der Waals surface area (Å²) in [7, 11) is 0. The smallest absolute Gasteiger partial charge is 0.257 e. The predicted molar refractivity (Wildman–Crippen MR) is 51.7 cm³/mol. The summed E-state index contributed by atoms with van der Waals surface area (Å²) in [5.41, 5.74) is 5.93. The van der Waals surface area contributed by atoms with Crippen molar-refractivity contribution in [1.29, 1.82) is 0 Å². The maximum absolute atomic E-state index is 10.8. The Bertz CT molecular complexity index is 308. The van der Waals surface area contributed by atoms with E-state index in [4.69, 9.17) is 17.3 Å². The van der Waals surface area contributed by atoms with Gasteiger partial charge in [0.2, 0.25) is 0 Å². The first kappa shape index (κ1) is 10.1. The van der Waals surface area contributed by atoms with Gasteiger partial charge in [-0.25, -0.2) is 4.68 Å². The van der Waals surface area contributed by atoms with Gasteiger partial charge in [0.1, 0.15) is 5.82 Å². The summed E-state index contributed by atoms with van der Waals surface area (Å²) >= 11 is 5.28. The molecule has 1 aromatic heterocycles. The zero-order valence-electron chi connectivity index (χ0n) is 7.46. The molecular formula is C8H12ClN3O. The van der Waals surface area contributed by atoms with Crippen LogP contribution in [-0.4, -0.2) is 15.0 Å². The zero-order valence-corrected chi connectivity index (χ0v) is 8.21. The SMILES string of the molecule is CCCCn1ncc(C(=O)Cl)c1N. The number of unbranched alkanes of at least 4 members (excludes halogenated alkanes) is 1. The van der Waals surface area contributed by atoms with Crippen molar-refractivity contribution in [2.24, 2.45) is 0 Å². The second-order valence-electron chi connectivity index (χ2n) is 2.79. The fraction of sp³-hybridized carbons (Fsp3) is 0.500. The lowest BCUT2D eigenvalue weighted by Gasteiger charge is -2.01. The van der Waals surface area contributed by atoms with Crippen molar-refractivity contribution in [2.75, 3.05) is 5.73 Å². The van der Waals surface area contributed by atoms with Crippen LogP contribution in [0.1, 0.15) is 30.1 Å². The summed E-state index contributed by atoms with van der Waals surface area (Å²) in [4.78, 5) is 10.8. The Labute approximate surface area is 81.7 Å². The highest BCUT2D eigenvalue weighted by atomic mass is 35.5. The lowest BCUT2D eigenvalue weighted by atomic mass is 10.3. The maximum Gasteiger partial charge on any atom is 0.257 e. The highest BCUT2D eigenvalue weighted by molar-refractivity contribution is 6.68. The summed E-state index contributed by atoms with van der Waals surface area (Å²) in [6.07, 6.45) is 3.45. The van der Waals surface area contributed by atoms with Gasteiger partial charge in [-0.3, -0.25) is 4.79 Å². The Morgan fingerprint density at radius 3 is 2.92 bits per heavy atom. The molecule has 0 amide bonds. The lowest BCUT2D eigenvalue weighted by Crippen LogP contribution is -2.06. The number of nitrogen functional groups attached to an aromatic ring is 1. The monoisotopic (exact) mass is 201 g/mol. The normalized spacial score (nSPS) is 10.3. The Morgan fingerprint density at radius 2 is 2.46 bits per heavy atom. The molecule has 0 spiro atoms. The van der Waals surface area contributed by atoms with Crippen molar-refractivity contribution in [3.05, 3.63) is 11.8 Å². The predicted octanol–water partition coefficient (Wildman–Crippen LogP) is 1.64. The number of aromatic nitrogens is 2. The quantitative estimate of drug-likeness (QED) is 0.754. The van der Waals surface area contributed by atoms with Crippen LogP contribution < -0.4 is 5.73 Å². The van der Waals surface area contributed by atoms with Gasteiger partial charge in [-0.05, 0) is 18.0 Å². The molecule has 0 aliphatic carbocycles. The minimum absolute atomic E-state index is 0.290. The molecule has 0 bridgehead atoms. The number of aryl methyl sites for hydroxylation is 1. The van der Waals surface area contributed by atoms with Crippen molar-refractivity contribution in [3.63, 3.8) is 0 Å². The minimum Gasteiger partial charge on any atom is -0.383 e. The molecular weight excluding hydrogens is 190 g/mol. The van der Waals surface area contributed by atoms with Crippen LogP contribution in [0.3, 0.4) is 0 Å². The van der Waals surface area contributed by atoms with Gasteiger partial charge in [0, 0.05) is 6.54 Å². The highest BCUT2D eigenvalue weighted by Gasteiger charge is 2.11. The van der Waals surface area contributed by atoms with Crippen molar-refractivity contribution in [1.82, 2.24) is 9.78 Å². The van der Waals surface area contributed by atoms with Gasteiger partial charge in [0.05, 0.1) is 11.8 Å².